The zero-order valence-corrected chi connectivity index (χ0v) is 4.10. The predicted octanol–water partition coefficient (Wildman–Crippen LogP) is 1.18. The highest BCUT2D eigenvalue weighted by Crippen LogP contribution is 1.74. The molecule has 0 saturated heterocycles. The van der Waals surface area contributed by atoms with Crippen LogP contribution in [0.25, 0.3) is 0 Å². The normalized spacial score (nSPS) is 6.60. The molecule has 0 aliphatic heterocycles. The third kappa shape index (κ3) is 4.20. The summed E-state index contributed by atoms with van der Waals surface area (Å²) < 4.78 is 11.0. The molecule has 0 aliphatic carbocycles. The van der Waals surface area contributed by atoms with Crippen molar-refractivity contribution >= 4 is 15.7 Å². The average molecular weight is 87.1 g/mol. The van der Waals surface area contributed by atoms with Crippen LogP contribution in [-0.4, -0.2) is 15.7 Å². The smallest absolute Gasteiger partial charge is 0.431 e. The van der Waals surface area contributed by atoms with Crippen molar-refractivity contribution in [3.05, 3.63) is 12.7 Å². The highest BCUT2D eigenvalue weighted by atomic mass is 27.2. The monoisotopic (exact) mass is 87.0 g/mol. The zero-order valence-electron chi connectivity index (χ0n) is 2.95. The molecule has 0 spiro atoms. The third-order valence-corrected chi connectivity index (χ3v) is 0.767. The molecule has 0 N–H and O–H groups in total. The van der Waals surface area contributed by atoms with Gasteiger partial charge in [-0.05, 0) is 0 Å². The maximum atomic E-state index is 11.0. The minimum atomic E-state index is -0.832. The molecule has 2 heteroatoms. The Balaban J connectivity index is 2.40. The van der Waals surface area contributed by atoms with E-state index in [1.54, 1.807) is 6.08 Å². The average Bonchev–Trinajstić information content (AvgIpc) is 1.41. The van der Waals surface area contributed by atoms with Crippen LogP contribution in [0.5, 0.6) is 0 Å². The van der Waals surface area contributed by atoms with Gasteiger partial charge in [-0.2, -0.15) is 0 Å². The molecule has 0 bridgehead atoms. The molecule has 0 aromatic carbocycles. The molecule has 0 aromatic rings. The maximum absolute atomic E-state index is 11.0. The van der Waals surface area contributed by atoms with Gasteiger partial charge in [0.05, 0.1) is 0 Å². The van der Waals surface area contributed by atoms with Crippen molar-refractivity contribution in [2.75, 3.05) is 0 Å². The third-order valence-electron chi connectivity index (χ3n) is 0.256. The second-order valence-electron chi connectivity index (χ2n) is 0.679. The summed E-state index contributed by atoms with van der Waals surface area (Å²) in [5.41, 5.74) is 0. The molecular formula is C3H5AlF. The minimum Gasteiger partial charge on any atom is -0.431 e. The number of rotatable bonds is 2. The summed E-state index contributed by atoms with van der Waals surface area (Å²) in [6.45, 7) is 3.33. The molecule has 27 valence electrons. The summed E-state index contributed by atoms with van der Waals surface area (Å²) in [5, 5.41) is 0.569. The van der Waals surface area contributed by atoms with Crippen molar-refractivity contribution < 1.29 is 3.52 Å². The van der Waals surface area contributed by atoms with Gasteiger partial charge in [0.1, 0.15) is 0 Å². The predicted molar refractivity (Wildman–Crippen MR) is 21.9 cm³/mol. The molecule has 0 aliphatic rings. The fourth-order valence-corrected chi connectivity index (χ4v) is 0.189. The molecule has 0 amide bonds. The molecule has 0 aromatic heterocycles. The maximum Gasteiger partial charge on any atom is 0.494 e. The zero-order chi connectivity index (χ0) is 4.12. The minimum absolute atomic E-state index is 0.569. The van der Waals surface area contributed by atoms with Crippen LogP contribution in [0.2, 0.25) is 5.28 Å². The van der Waals surface area contributed by atoms with Crippen LogP contribution in [0.3, 0.4) is 0 Å². The Hall–Kier alpha value is 0.202. The highest BCUT2D eigenvalue weighted by molar-refractivity contribution is 6.26. The van der Waals surface area contributed by atoms with Gasteiger partial charge in [0.25, 0.3) is 0 Å². The van der Waals surface area contributed by atoms with E-state index in [0.717, 1.165) is 0 Å². The first-order valence-corrected chi connectivity index (χ1v) is 2.70. The molecule has 0 nitrogen and oxygen atoms in total. The van der Waals surface area contributed by atoms with E-state index in [9.17, 15) is 3.52 Å². The lowest BCUT2D eigenvalue weighted by Crippen LogP contribution is -1.67. The fourth-order valence-electron chi connectivity index (χ4n) is 0.0630. The van der Waals surface area contributed by atoms with Gasteiger partial charge in [-0.25, -0.2) is 0 Å². The number of allylic oxidation sites excluding steroid dienone is 1. The molecular weight excluding hydrogens is 82.0 g/mol. The summed E-state index contributed by atoms with van der Waals surface area (Å²) in [5.74, 6) is 0. The van der Waals surface area contributed by atoms with Crippen LogP contribution in [-0.2, 0) is 0 Å². The van der Waals surface area contributed by atoms with E-state index in [1.807, 2.05) is 0 Å². The first-order chi connectivity index (χ1) is 2.41. The van der Waals surface area contributed by atoms with Crippen molar-refractivity contribution in [2.24, 2.45) is 0 Å². The molecule has 0 unspecified atom stereocenters. The second-order valence-corrected chi connectivity index (χ2v) is 1.46. The van der Waals surface area contributed by atoms with Crippen LogP contribution in [0.15, 0.2) is 12.7 Å². The molecule has 0 rings (SSSR count). The topological polar surface area (TPSA) is 0 Å². The van der Waals surface area contributed by atoms with E-state index >= 15 is 0 Å². The van der Waals surface area contributed by atoms with Gasteiger partial charge in [-0.1, -0.05) is 5.28 Å². The Morgan fingerprint density at radius 1 is 2.00 bits per heavy atom. The number of halogens is 1. The first kappa shape index (κ1) is 5.20. The molecule has 0 heterocycles. The fraction of sp³-hybridized carbons (Fsp3) is 0.333. The second kappa shape index (κ2) is 4.20. The quantitative estimate of drug-likeness (QED) is 0.350. The first-order valence-electron chi connectivity index (χ1n) is 1.44. The van der Waals surface area contributed by atoms with E-state index in [-0.39, 0.29) is 0 Å². The Labute approximate surface area is 37.9 Å². The lowest BCUT2D eigenvalue weighted by atomic mass is 10.8. The van der Waals surface area contributed by atoms with Crippen molar-refractivity contribution in [1.82, 2.24) is 0 Å². The van der Waals surface area contributed by atoms with Crippen molar-refractivity contribution in [1.29, 1.82) is 0 Å². The Bertz CT molecular complexity index is 28.1. The van der Waals surface area contributed by atoms with E-state index in [2.05, 4.69) is 6.58 Å². The molecule has 0 fully saturated rings. The van der Waals surface area contributed by atoms with Crippen molar-refractivity contribution in [2.45, 2.75) is 5.28 Å². The number of hydrogen-bond donors (Lipinski definition) is 0. The lowest BCUT2D eigenvalue weighted by molar-refractivity contribution is 0.869. The summed E-state index contributed by atoms with van der Waals surface area (Å²) in [6.07, 6.45) is 1.59. The van der Waals surface area contributed by atoms with Crippen LogP contribution in [0.4, 0.5) is 3.52 Å². The summed E-state index contributed by atoms with van der Waals surface area (Å²) in [4.78, 5) is 0. The Morgan fingerprint density at radius 3 is 2.60 bits per heavy atom. The Morgan fingerprint density at radius 2 is 2.60 bits per heavy atom. The molecule has 0 atom stereocenters. The van der Waals surface area contributed by atoms with E-state index < -0.39 is 15.7 Å². The SMILES string of the molecule is C=C[CH2][Al][F]. The van der Waals surface area contributed by atoms with Gasteiger partial charge < -0.3 is 3.52 Å². The number of hydrogen-bond acceptors (Lipinski definition) is 0. The van der Waals surface area contributed by atoms with E-state index in [1.165, 1.54) is 0 Å². The highest BCUT2D eigenvalue weighted by Gasteiger charge is 1.78. The van der Waals surface area contributed by atoms with Crippen LogP contribution in [0, 0.1) is 0 Å². The Kier molecular flexibility index (Phi) is 4.37. The van der Waals surface area contributed by atoms with Crippen LogP contribution >= 0.6 is 0 Å². The van der Waals surface area contributed by atoms with E-state index in [0.29, 0.717) is 5.28 Å². The van der Waals surface area contributed by atoms with E-state index in [4.69, 9.17) is 0 Å². The van der Waals surface area contributed by atoms with Gasteiger partial charge in [-0.15, -0.1) is 12.7 Å². The van der Waals surface area contributed by atoms with Gasteiger partial charge in [0, 0.05) is 0 Å². The van der Waals surface area contributed by atoms with Gasteiger partial charge in [0.2, 0.25) is 0 Å². The lowest BCUT2D eigenvalue weighted by Gasteiger charge is -1.64. The van der Waals surface area contributed by atoms with Crippen LogP contribution < -0.4 is 0 Å². The van der Waals surface area contributed by atoms with Gasteiger partial charge >= 0.3 is 15.7 Å². The van der Waals surface area contributed by atoms with Crippen molar-refractivity contribution in [3.63, 3.8) is 0 Å². The van der Waals surface area contributed by atoms with Crippen LogP contribution in [0.1, 0.15) is 0 Å². The largest absolute Gasteiger partial charge is 0.494 e. The van der Waals surface area contributed by atoms with Gasteiger partial charge in [-0.3, -0.25) is 0 Å². The summed E-state index contributed by atoms with van der Waals surface area (Å²) in [7, 11) is 0. The summed E-state index contributed by atoms with van der Waals surface area (Å²) >= 11 is -0.832. The molecule has 5 heavy (non-hydrogen) atoms. The summed E-state index contributed by atoms with van der Waals surface area (Å²) in [6, 6.07) is 0. The molecule has 0 saturated carbocycles. The van der Waals surface area contributed by atoms with Crippen molar-refractivity contribution in [3.8, 4) is 0 Å². The van der Waals surface area contributed by atoms with Gasteiger partial charge in [0.15, 0.2) is 0 Å². The standard InChI is InChI=1S/C3H5.Al.FH/c1-3-2;;/h3H,1-2H2;;1H/q;+1;/p-1. The molecule has 1 radical (unpaired) electrons.